The SMILES string of the molecule is CC(C)NC1CCCN(CC(C)N(C)C)C1. The molecule has 0 bridgehead atoms. The second kappa shape index (κ2) is 6.58. The van der Waals surface area contributed by atoms with Gasteiger partial charge in [0.05, 0.1) is 0 Å². The van der Waals surface area contributed by atoms with Crippen LogP contribution in [0.25, 0.3) is 0 Å². The summed E-state index contributed by atoms with van der Waals surface area (Å²) in [5.74, 6) is 0. The molecule has 1 aliphatic heterocycles. The van der Waals surface area contributed by atoms with Gasteiger partial charge in [0.15, 0.2) is 0 Å². The van der Waals surface area contributed by atoms with Gasteiger partial charge in [0.1, 0.15) is 0 Å². The van der Waals surface area contributed by atoms with Gasteiger partial charge in [-0.1, -0.05) is 13.8 Å². The van der Waals surface area contributed by atoms with Gasteiger partial charge >= 0.3 is 0 Å². The molecule has 16 heavy (non-hydrogen) atoms. The molecule has 0 aliphatic carbocycles. The second-order valence-electron chi connectivity index (χ2n) is 5.73. The monoisotopic (exact) mass is 227 g/mol. The predicted octanol–water partition coefficient (Wildman–Crippen LogP) is 1.40. The van der Waals surface area contributed by atoms with Crippen LogP contribution in [0.15, 0.2) is 0 Å². The van der Waals surface area contributed by atoms with E-state index in [0.717, 1.165) is 0 Å². The van der Waals surface area contributed by atoms with Crippen LogP contribution in [0.3, 0.4) is 0 Å². The van der Waals surface area contributed by atoms with Crippen molar-refractivity contribution in [2.24, 2.45) is 0 Å². The van der Waals surface area contributed by atoms with Crippen molar-refractivity contribution < 1.29 is 0 Å². The van der Waals surface area contributed by atoms with E-state index in [1.54, 1.807) is 0 Å². The lowest BCUT2D eigenvalue weighted by molar-refractivity contribution is 0.145. The molecule has 0 amide bonds. The van der Waals surface area contributed by atoms with Crippen molar-refractivity contribution >= 4 is 0 Å². The Balaban J connectivity index is 2.32. The van der Waals surface area contributed by atoms with E-state index >= 15 is 0 Å². The average Bonchev–Trinajstić information content (AvgIpc) is 2.16. The highest BCUT2D eigenvalue weighted by Gasteiger charge is 2.21. The van der Waals surface area contributed by atoms with Crippen LogP contribution in [0.2, 0.25) is 0 Å². The van der Waals surface area contributed by atoms with E-state index in [4.69, 9.17) is 0 Å². The molecule has 1 N–H and O–H groups in total. The van der Waals surface area contributed by atoms with Crippen LogP contribution in [0.4, 0.5) is 0 Å². The summed E-state index contributed by atoms with van der Waals surface area (Å²) in [6.07, 6.45) is 2.68. The van der Waals surface area contributed by atoms with Crippen molar-refractivity contribution in [2.75, 3.05) is 33.7 Å². The molecule has 0 spiro atoms. The van der Waals surface area contributed by atoms with Crippen molar-refractivity contribution in [3.8, 4) is 0 Å². The molecular weight excluding hydrogens is 198 g/mol. The van der Waals surface area contributed by atoms with E-state index in [1.807, 2.05) is 0 Å². The smallest absolute Gasteiger partial charge is 0.0197 e. The zero-order valence-electron chi connectivity index (χ0n) is 11.7. The summed E-state index contributed by atoms with van der Waals surface area (Å²) < 4.78 is 0. The van der Waals surface area contributed by atoms with Crippen molar-refractivity contribution in [3.63, 3.8) is 0 Å². The first-order valence-corrected chi connectivity index (χ1v) is 6.64. The van der Waals surface area contributed by atoms with Crippen molar-refractivity contribution in [2.45, 2.75) is 51.7 Å². The minimum Gasteiger partial charge on any atom is -0.311 e. The number of rotatable bonds is 5. The standard InChI is InChI=1S/C13H29N3/c1-11(2)14-13-7-6-8-16(10-13)9-12(3)15(4)5/h11-14H,6-10H2,1-5H3. The molecule has 0 aromatic carbocycles. The summed E-state index contributed by atoms with van der Waals surface area (Å²) in [6, 6.07) is 1.96. The van der Waals surface area contributed by atoms with Crippen LogP contribution in [0.1, 0.15) is 33.6 Å². The maximum absolute atomic E-state index is 3.66. The van der Waals surface area contributed by atoms with E-state index in [1.165, 1.54) is 32.5 Å². The topological polar surface area (TPSA) is 18.5 Å². The summed E-state index contributed by atoms with van der Waals surface area (Å²) in [6.45, 7) is 10.5. The number of nitrogens with zero attached hydrogens (tertiary/aromatic N) is 2. The Hall–Kier alpha value is -0.120. The molecule has 2 unspecified atom stereocenters. The lowest BCUT2D eigenvalue weighted by atomic mass is 10.0. The third kappa shape index (κ3) is 4.81. The highest BCUT2D eigenvalue weighted by molar-refractivity contribution is 4.81. The molecule has 1 saturated heterocycles. The highest BCUT2D eigenvalue weighted by Crippen LogP contribution is 2.11. The Morgan fingerprint density at radius 3 is 2.56 bits per heavy atom. The zero-order valence-corrected chi connectivity index (χ0v) is 11.7. The van der Waals surface area contributed by atoms with Gasteiger partial charge in [0.25, 0.3) is 0 Å². The molecule has 96 valence electrons. The van der Waals surface area contributed by atoms with Gasteiger partial charge in [-0.3, -0.25) is 0 Å². The van der Waals surface area contributed by atoms with Gasteiger partial charge in [0, 0.05) is 31.2 Å². The molecule has 0 aromatic rings. The number of likely N-dealkylation sites (tertiary alicyclic amines) is 1. The van der Waals surface area contributed by atoms with Crippen molar-refractivity contribution in [1.82, 2.24) is 15.1 Å². The maximum atomic E-state index is 3.66. The van der Waals surface area contributed by atoms with E-state index in [0.29, 0.717) is 18.1 Å². The first kappa shape index (κ1) is 13.9. The maximum Gasteiger partial charge on any atom is 0.0197 e. The second-order valence-corrected chi connectivity index (χ2v) is 5.73. The summed E-state index contributed by atoms with van der Waals surface area (Å²) in [7, 11) is 4.33. The summed E-state index contributed by atoms with van der Waals surface area (Å²) >= 11 is 0. The van der Waals surface area contributed by atoms with E-state index in [-0.39, 0.29) is 0 Å². The van der Waals surface area contributed by atoms with Gasteiger partial charge in [-0.05, 0) is 40.4 Å². The largest absolute Gasteiger partial charge is 0.311 e. The van der Waals surface area contributed by atoms with Gasteiger partial charge in [-0.25, -0.2) is 0 Å². The Bertz CT molecular complexity index is 192. The minimum atomic E-state index is 0.608. The minimum absolute atomic E-state index is 0.608. The molecule has 0 saturated carbocycles. The lowest BCUT2D eigenvalue weighted by Gasteiger charge is -2.36. The normalized spacial score (nSPS) is 25.3. The number of nitrogens with one attached hydrogen (secondary N) is 1. The highest BCUT2D eigenvalue weighted by atomic mass is 15.2. The van der Waals surface area contributed by atoms with E-state index < -0.39 is 0 Å². The van der Waals surface area contributed by atoms with Crippen molar-refractivity contribution in [1.29, 1.82) is 0 Å². The number of hydrogen-bond donors (Lipinski definition) is 1. The first-order chi connectivity index (χ1) is 7.49. The Kier molecular flexibility index (Phi) is 5.73. The molecule has 2 atom stereocenters. The van der Waals surface area contributed by atoms with Crippen LogP contribution in [-0.2, 0) is 0 Å². The lowest BCUT2D eigenvalue weighted by Crippen LogP contribution is -2.50. The molecule has 1 aliphatic rings. The quantitative estimate of drug-likeness (QED) is 0.766. The number of likely N-dealkylation sites (N-methyl/N-ethyl adjacent to an activating group) is 1. The van der Waals surface area contributed by atoms with Crippen LogP contribution < -0.4 is 5.32 Å². The fraction of sp³-hybridized carbons (Fsp3) is 1.00. The molecule has 0 aromatic heterocycles. The zero-order chi connectivity index (χ0) is 12.1. The Morgan fingerprint density at radius 1 is 1.31 bits per heavy atom. The van der Waals surface area contributed by atoms with Gasteiger partial charge in [-0.15, -0.1) is 0 Å². The van der Waals surface area contributed by atoms with Crippen LogP contribution in [0, 0.1) is 0 Å². The molecule has 1 fully saturated rings. The van der Waals surface area contributed by atoms with Gasteiger partial charge < -0.3 is 15.1 Å². The Morgan fingerprint density at radius 2 is 2.00 bits per heavy atom. The average molecular weight is 227 g/mol. The molecule has 3 heteroatoms. The number of piperidine rings is 1. The molecule has 1 rings (SSSR count). The fourth-order valence-electron chi connectivity index (χ4n) is 2.37. The molecule has 3 nitrogen and oxygen atoms in total. The third-order valence-corrected chi connectivity index (χ3v) is 3.48. The first-order valence-electron chi connectivity index (χ1n) is 6.64. The van der Waals surface area contributed by atoms with Gasteiger partial charge in [-0.2, -0.15) is 0 Å². The Labute approximate surface area is 101 Å². The predicted molar refractivity (Wildman–Crippen MR) is 70.9 cm³/mol. The van der Waals surface area contributed by atoms with E-state index in [9.17, 15) is 0 Å². The van der Waals surface area contributed by atoms with Crippen LogP contribution in [0.5, 0.6) is 0 Å². The fourth-order valence-corrected chi connectivity index (χ4v) is 2.37. The molecular formula is C13H29N3. The molecule has 0 radical (unpaired) electrons. The summed E-state index contributed by atoms with van der Waals surface area (Å²) in [4.78, 5) is 4.91. The summed E-state index contributed by atoms with van der Waals surface area (Å²) in [5, 5.41) is 3.66. The summed E-state index contributed by atoms with van der Waals surface area (Å²) in [5.41, 5.74) is 0. The molecule has 1 heterocycles. The van der Waals surface area contributed by atoms with Crippen LogP contribution >= 0.6 is 0 Å². The van der Waals surface area contributed by atoms with Crippen molar-refractivity contribution in [3.05, 3.63) is 0 Å². The van der Waals surface area contributed by atoms with Gasteiger partial charge in [0.2, 0.25) is 0 Å². The van der Waals surface area contributed by atoms with E-state index in [2.05, 4.69) is 50.0 Å². The number of hydrogen-bond acceptors (Lipinski definition) is 3. The van der Waals surface area contributed by atoms with Crippen LogP contribution in [-0.4, -0.2) is 61.7 Å². The third-order valence-electron chi connectivity index (χ3n) is 3.48.